The maximum atomic E-state index is 10.4. The molecule has 0 bridgehead atoms. The Hall–Kier alpha value is -2.24. The summed E-state index contributed by atoms with van der Waals surface area (Å²) in [4.78, 5) is 14.6. The average molecular weight is 218 g/mol. The van der Waals surface area contributed by atoms with Crippen molar-refractivity contribution < 1.29 is 9.90 Å². The van der Waals surface area contributed by atoms with E-state index in [0.29, 0.717) is 5.69 Å². The first kappa shape index (κ1) is 10.3. The molecule has 2 aromatic heterocycles. The van der Waals surface area contributed by atoms with Crippen LogP contribution in [0.25, 0.3) is 17.1 Å². The fourth-order valence-corrected chi connectivity index (χ4v) is 1.44. The Morgan fingerprint density at radius 3 is 3.00 bits per heavy atom. The lowest BCUT2D eigenvalue weighted by atomic mass is 10.2. The topological polar surface area (TPSA) is 80.9 Å². The molecule has 2 heterocycles. The molecule has 0 aliphatic heterocycles. The maximum Gasteiger partial charge on any atom is 0.328 e. The number of hydrogen-bond acceptors (Lipinski definition) is 4. The molecular formula is C10H10N4O2. The Kier molecular flexibility index (Phi) is 2.40. The van der Waals surface area contributed by atoms with E-state index in [-0.39, 0.29) is 0 Å². The molecule has 0 aliphatic rings. The Bertz CT molecular complexity index is 586. The number of aryl methyl sites for hydroxylation is 2. The second-order valence-electron chi connectivity index (χ2n) is 3.39. The summed E-state index contributed by atoms with van der Waals surface area (Å²) in [6.45, 7) is 1.84. The van der Waals surface area contributed by atoms with Crippen molar-refractivity contribution in [2.75, 3.05) is 0 Å². The zero-order valence-electron chi connectivity index (χ0n) is 8.88. The fourth-order valence-electron chi connectivity index (χ4n) is 1.44. The summed E-state index contributed by atoms with van der Waals surface area (Å²) in [5, 5.41) is 16.4. The molecular weight excluding hydrogens is 208 g/mol. The van der Waals surface area contributed by atoms with E-state index in [1.165, 1.54) is 6.08 Å². The third-order valence-corrected chi connectivity index (χ3v) is 2.32. The zero-order valence-corrected chi connectivity index (χ0v) is 8.88. The summed E-state index contributed by atoms with van der Waals surface area (Å²) >= 11 is 0. The van der Waals surface area contributed by atoms with E-state index in [4.69, 9.17) is 5.11 Å². The number of carbonyl (C=O) groups is 1. The molecule has 1 N–H and O–H groups in total. The van der Waals surface area contributed by atoms with Gasteiger partial charge in [0, 0.05) is 18.7 Å². The normalized spacial score (nSPS) is 11.4. The predicted octanol–water partition coefficient (Wildman–Crippen LogP) is 0.770. The molecule has 0 fully saturated rings. The van der Waals surface area contributed by atoms with Crippen LogP contribution in [0.15, 0.2) is 12.3 Å². The summed E-state index contributed by atoms with van der Waals surface area (Å²) in [5.41, 5.74) is 2.98. The van der Waals surface area contributed by atoms with Crippen molar-refractivity contribution in [1.29, 1.82) is 0 Å². The molecule has 0 aliphatic carbocycles. The minimum absolute atomic E-state index is 0.593. The van der Waals surface area contributed by atoms with E-state index < -0.39 is 5.97 Å². The van der Waals surface area contributed by atoms with Crippen LogP contribution >= 0.6 is 0 Å². The smallest absolute Gasteiger partial charge is 0.328 e. The largest absolute Gasteiger partial charge is 0.478 e. The van der Waals surface area contributed by atoms with Crippen LogP contribution < -0.4 is 0 Å². The van der Waals surface area contributed by atoms with Crippen molar-refractivity contribution in [3.05, 3.63) is 23.5 Å². The van der Waals surface area contributed by atoms with Crippen LogP contribution in [-0.4, -0.2) is 31.1 Å². The molecule has 82 valence electrons. The van der Waals surface area contributed by atoms with Crippen LogP contribution in [0.4, 0.5) is 0 Å². The monoisotopic (exact) mass is 218 g/mol. The molecule has 0 atom stereocenters. The number of hydrogen-bond donors (Lipinski definition) is 1. The highest BCUT2D eigenvalue weighted by atomic mass is 16.4. The van der Waals surface area contributed by atoms with Crippen molar-refractivity contribution >= 4 is 23.1 Å². The number of carboxylic acid groups (broad SMARTS) is 1. The number of fused-ring (bicyclic) bond motifs is 1. The number of pyridine rings is 1. The van der Waals surface area contributed by atoms with Gasteiger partial charge in [0.25, 0.3) is 0 Å². The molecule has 16 heavy (non-hydrogen) atoms. The minimum atomic E-state index is -1.000. The number of aliphatic carboxylic acids is 1. The van der Waals surface area contributed by atoms with E-state index in [1.54, 1.807) is 17.9 Å². The first-order valence-corrected chi connectivity index (χ1v) is 4.65. The van der Waals surface area contributed by atoms with Gasteiger partial charge in [-0.05, 0) is 13.0 Å². The highest BCUT2D eigenvalue weighted by Crippen LogP contribution is 2.17. The molecule has 0 aromatic carbocycles. The Labute approximate surface area is 91.2 Å². The van der Waals surface area contributed by atoms with Gasteiger partial charge >= 0.3 is 5.97 Å². The van der Waals surface area contributed by atoms with Gasteiger partial charge < -0.3 is 5.11 Å². The first-order chi connectivity index (χ1) is 7.59. The molecule has 0 radical (unpaired) electrons. The summed E-state index contributed by atoms with van der Waals surface area (Å²) in [5.74, 6) is -1.000. The molecule has 2 rings (SSSR count). The second kappa shape index (κ2) is 3.73. The van der Waals surface area contributed by atoms with E-state index in [0.717, 1.165) is 22.7 Å². The van der Waals surface area contributed by atoms with E-state index in [1.807, 2.05) is 6.92 Å². The van der Waals surface area contributed by atoms with Gasteiger partial charge in [0.15, 0.2) is 0 Å². The molecule has 0 unspecified atom stereocenters. The molecule has 0 spiro atoms. The molecule has 0 amide bonds. The second-order valence-corrected chi connectivity index (χ2v) is 3.39. The van der Waals surface area contributed by atoms with Crippen LogP contribution in [-0.2, 0) is 11.8 Å². The van der Waals surface area contributed by atoms with Gasteiger partial charge in [-0.2, -0.15) is 0 Å². The first-order valence-electron chi connectivity index (χ1n) is 4.65. The lowest BCUT2D eigenvalue weighted by molar-refractivity contribution is -0.131. The zero-order chi connectivity index (χ0) is 11.7. The van der Waals surface area contributed by atoms with Crippen LogP contribution in [0.1, 0.15) is 11.3 Å². The summed E-state index contributed by atoms with van der Waals surface area (Å²) in [6, 6.07) is 0. The molecule has 6 heteroatoms. The van der Waals surface area contributed by atoms with Crippen LogP contribution in [0.2, 0.25) is 0 Å². The van der Waals surface area contributed by atoms with Gasteiger partial charge in [-0.3, -0.25) is 4.98 Å². The van der Waals surface area contributed by atoms with Gasteiger partial charge in [0.2, 0.25) is 0 Å². The van der Waals surface area contributed by atoms with Gasteiger partial charge in [-0.15, -0.1) is 5.10 Å². The molecule has 2 aromatic rings. The van der Waals surface area contributed by atoms with Crippen molar-refractivity contribution in [3.8, 4) is 0 Å². The Morgan fingerprint density at radius 2 is 2.31 bits per heavy atom. The van der Waals surface area contributed by atoms with Crippen LogP contribution in [0.5, 0.6) is 0 Å². The molecule has 0 saturated carbocycles. The summed E-state index contributed by atoms with van der Waals surface area (Å²) in [6.07, 6.45) is 4.13. The van der Waals surface area contributed by atoms with E-state index >= 15 is 0 Å². The third kappa shape index (κ3) is 1.65. The highest BCUT2D eigenvalue weighted by molar-refractivity contribution is 5.87. The van der Waals surface area contributed by atoms with Crippen LogP contribution in [0.3, 0.4) is 0 Å². The number of aromatic nitrogens is 4. The number of nitrogens with zero attached hydrogens (tertiary/aromatic N) is 4. The average Bonchev–Trinajstić information content (AvgIpc) is 2.60. The fraction of sp³-hybridized carbons (Fsp3) is 0.200. The van der Waals surface area contributed by atoms with E-state index in [9.17, 15) is 4.79 Å². The summed E-state index contributed by atoms with van der Waals surface area (Å²) < 4.78 is 1.63. The van der Waals surface area contributed by atoms with Crippen molar-refractivity contribution in [2.24, 2.45) is 7.05 Å². The van der Waals surface area contributed by atoms with Gasteiger partial charge in [-0.25, -0.2) is 9.48 Å². The number of rotatable bonds is 2. The number of carboxylic acids is 1. The van der Waals surface area contributed by atoms with E-state index in [2.05, 4.69) is 15.3 Å². The van der Waals surface area contributed by atoms with Gasteiger partial charge in [0.05, 0.1) is 11.9 Å². The predicted molar refractivity (Wildman–Crippen MR) is 57.7 cm³/mol. The van der Waals surface area contributed by atoms with Crippen molar-refractivity contribution in [3.63, 3.8) is 0 Å². The Morgan fingerprint density at radius 1 is 1.56 bits per heavy atom. The molecule has 0 saturated heterocycles. The van der Waals surface area contributed by atoms with Gasteiger partial charge in [0.1, 0.15) is 11.0 Å². The van der Waals surface area contributed by atoms with Crippen molar-refractivity contribution in [2.45, 2.75) is 6.92 Å². The minimum Gasteiger partial charge on any atom is -0.478 e. The highest BCUT2D eigenvalue weighted by Gasteiger charge is 2.08. The Balaban J connectivity index is 2.57. The lowest BCUT2D eigenvalue weighted by Crippen LogP contribution is -1.93. The van der Waals surface area contributed by atoms with Gasteiger partial charge in [-0.1, -0.05) is 5.21 Å². The van der Waals surface area contributed by atoms with Crippen molar-refractivity contribution in [1.82, 2.24) is 20.0 Å². The lowest BCUT2D eigenvalue weighted by Gasteiger charge is -1.99. The summed E-state index contributed by atoms with van der Waals surface area (Å²) in [7, 11) is 1.78. The maximum absolute atomic E-state index is 10.4. The molecule has 6 nitrogen and oxygen atoms in total. The third-order valence-electron chi connectivity index (χ3n) is 2.32. The quantitative estimate of drug-likeness (QED) is 0.753. The standard InChI is InChI=1S/C10H10N4O2/c1-6-7(3-4-9(15)16)11-5-8-10(6)12-13-14(8)2/h3-5H,1-2H3,(H,15,16). The van der Waals surface area contributed by atoms with Crippen LogP contribution in [0, 0.1) is 6.92 Å². The SMILES string of the molecule is Cc1c(C=CC(=O)O)ncc2c1nnn2C.